The molecule has 15 aromatic rings. The standard InChI is InChI=1S/C85H64N4O.Pt/c1-56-24-21-25-57(2)83(56)64-40-43-79-81(51-64)87(70-36-23-37-71(52-70)90-72-41-42-74-73-38-19-20-39-78(73)89(80(74)53-72)82-44-58(3)77(54-86-82)62-32-17-10-18-33-62)55-88(79)84-75(63-34-22-35-69(48-63)85(4,5)6)49-67(61-30-15-9-16-31-61)50-76(84)68-46-65(59-26-11-7-12-27-59)45-66(47-68)60-28-13-8-14-29-60;/h7-51,54H,1-6H3;/q-2;/i1D3,2D3,3D3,7D,8D,9D,10D,11D,12D,13D,14D,15D,16D,17D,18D,26D,27D,28D,29D,30D,31D,32D,33D,45D,46D,47D;. The molecule has 0 aliphatic heterocycles. The van der Waals surface area contributed by atoms with Crippen molar-refractivity contribution < 1.29 is 74.2 Å². The number of pyridine rings is 1. The fraction of sp³-hybridized carbons (Fsp3) is 0.0824. The zero-order chi connectivity index (χ0) is 88.6. The number of nitrogens with zero attached hydrogens (tertiary/aromatic N) is 4. The van der Waals surface area contributed by atoms with Gasteiger partial charge < -0.3 is 13.9 Å². The SMILES string of the molecule is [2H]c1c([2H])c([2H])c(-c2cc(-c3cccc(C(C)(C)C)c3)c(-[n+]3[c-]n(-c4[c-]c(Oc5[c-]c6c(cc5)c5ccccc5n6-c5cc(C([2H])([2H])[2H])c(-c6c([2H])c([2H])c([2H])c([2H])c6[2H])cn5)ccc4)c4cc(-c5c(C([2H])([2H])[2H])cccc5C([2H])([2H])[2H])ccc43)c(-c3c([2H])c(-c4c([2H])c([2H])c([2H])c([2H])c4[2H])c([2H])c(-c4c([2H])c([2H])c([2H])c([2H])c4[2H])c3[2H])c2)c([2H])c1[2H].[Pt]. The van der Waals surface area contributed by atoms with Gasteiger partial charge in [0.2, 0.25) is 0 Å². The van der Waals surface area contributed by atoms with Crippen molar-refractivity contribution in [3.8, 4) is 107 Å². The molecule has 6 heteroatoms. The first kappa shape index (κ1) is 32.3. The van der Waals surface area contributed by atoms with Crippen molar-refractivity contribution in [3.05, 3.63) is 319 Å². The summed E-state index contributed by atoms with van der Waals surface area (Å²) in [6.07, 6.45) is 4.56. The van der Waals surface area contributed by atoms with Gasteiger partial charge in [-0.25, -0.2) is 4.98 Å². The Morgan fingerprint density at radius 2 is 1.08 bits per heavy atom. The minimum Gasteiger partial charge on any atom is -0.510 e. The third kappa shape index (κ3) is 11.1. The maximum absolute atomic E-state index is 10.7. The third-order valence-corrected chi connectivity index (χ3v) is 15.4. The Bertz CT molecular complexity index is 6790. The van der Waals surface area contributed by atoms with Crippen LogP contribution in [0.1, 0.15) is 86.9 Å². The Kier molecular flexibility index (Phi) is 8.58. The van der Waals surface area contributed by atoms with Crippen LogP contribution in [0.3, 0.4) is 0 Å². The summed E-state index contributed by atoms with van der Waals surface area (Å²) in [5.41, 5.74) is -5.85. The van der Waals surface area contributed by atoms with E-state index >= 15 is 0 Å². The molecule has 0 N–H and O–H groups in total. The average molecular weight is 1380 g/mol. The molecule has 0 bridgehead atoms. The van der Waals surface area contributed by atoms with E-state index in [2.05, 4.69) is 18.5 Å². The summed E-state index contributed by atoms with van der Waals surface area (Å²) >= 11 is 0. The van der Waals surface area contributed by atoms with Gasteiger partial charge in [-0.05, 0) is 180 Å². The molecule has 91 heavy (non-hydrogen) atoms. The van der Waals surface area contributed by atoms with Crippen LogP contribution < -0.4 is 9.30 Å². The molecular formula is C85H64N4OPt-2. The molecule has 3 aromatic heterocycles. The molecule has 15 rings (SSSR count). The molecule has 442 valence electrons. The van der Waals surface area contributed by atoms with Gasteiger partial charge in [0.1, 0.15) is 5.82 Å². The fourth-order valence-electron chi connectivity index (χ4n) is 11.1. The predicted molar refractivity (Wildman–Crippen MR) is 371 cm³/mol. The van der Waals surface area contributed by atoms with Gasteiger partial charge >= 0.3 is 0 Å². The normalized spacial score (nSPS) is 17.0. The van der Waals surface area contributed by atoms with Crippen molar-refractivity contribution in [1.29, 1.82) is 0 Å². The Balaban J connectivity index is 0.0000123. The molecule has 0 aliphatic rings. The zero-order valence-electron chi connectivity index (χ0n) is 80.3. The Hall–Kier alpha value is -10.5. The minimum atomic E-state index is -2.96. The molecule has 0 saturated carbocycles. The molecule has 0 saturated heterocycles. The van der Waals surface area contributed by atoms with E-state index in [1.54, 1.807) is 65.2 Å². The Labute approximate surface area is 592 Å². The first-order chi connectivity index (χ1) is 57.2. The molecule has 0 radical (unpaired) electrons. The predicted octanol–water partition coefficient (Wildman–Crippen LogP) is 21.5. The topological polar surface area (TPSA) is 35.9 Å². The second kappa shape index (κ2) is 24.2. The number of rotatable bonds is 12. The van der Waals surface area contributed by atoms with Crippen molar-refractivity contribution in [3.63, 3.8) is 0 Å². The van der Waals surface area contributed by atoms with Gasteiger partial charge in [0.25, 0.3) is 6.33 Å². The van der Waals surface area contributed by atoms with E-state index in [1.807, 2.05) is 32.9 Å². The maximum Gasteiger partial charge on any atom is 0.268 e. The summed E-state index contributed by atoms with van der Waals surface area (Å²) in [6, 6.07) is 21.1. The third-order valence-electron chi connectivity index (χ3n) is 15.4. The van der Waals surface area contributed by atoms with Crippen LogP contribution in [0.4, 0.5) is 0 Å². The Morgan fingerprint density at radius 1 is 0.473 bits per heavy atom. The van der Waals surface area contributed by atoms with E-state index in [0.717, 1.165) is 6.20 Å². The number of hydrogen-bond donors (Lipinski definition) is 0. The van der Waals surface area contributed by atoms with Crippen LogP contribution in [-0.2, 0) is 26.5 Å². The number of benzene rings is 12. The van der Waals surface area contributed by atoms with Crippen LogP contribution >= 0.6 is 0 Å². The number of para-hydroxylation sites is 1. The van der Waals surface area contributed by atoms with Crippen LogP contribution in [0.15, 0.2) is 279 Å². The van der Waals surface area contributed by atoms with Crippen LogP contribution in [0, 0.1) is 39.0 Å². The van der Waals surface area contributed by atoms with Crippen molar-refractivity contribution in [2.75, 3.05) is 0 Å². The van der Waals surface area contributed by atoms with E-state index in [0.29, 0.717) is 21.9 Å². The van der Waals surface area contributed by atoms with Crippen LogP contribution in [-0.4, -0.2) is 14.1 Å². The quantitative estimate of drug-likeness (QED) is 0.0903. The van der Waals surface area contributed by atoms with Gasteiger partial charge in [-0.3, -0.25) is 4.57 Å². The molecule has 0 atom stereocenters. The van der Waals surface area contributed by atoms with Crippen molar-refractivity contribution in [1.82, 2.24) is 14.1 Å². The van der Waals surface area contributed by atoms with Gasteiger partial charge in [-0.1, -0.05) is 220 Å². The van der Waals surface area contributed by atoms with Crippen molar-refractivity contribution in [2.24, 2.45) is 0 Å². The van der Waals surface area contributed by atoms with Crippen LogP contribution in [0.5, 0.6) is 11.5 Å². The van der Waals surface area contributed by atoms with Gasteiger partial charge in [-0.2, -0.15) is 18.2 Å². The molecule has 0 amide bonds. The summed E-state index contributed by atoms with van der Waals surface area (Å²) in [7, 11) is 0. The first-order valence-electron chi connectivity index (χ1n) is 44.2. The fourth-order valence-corrected chi connectivity index (χ4v) is 11.1. The van der Waals surface area contributed by atoms with E-state index in [1.165, 1.54) is 69.8 Å². The van der Waals surface area contributed by atoms with Gasteiger partial charge in [0.15, 0.2) is 0 Å². The smallest absolute Gasteiger partial charge is 0.268 e. The molecule has 0 fully saturated rings. The molecule has 0 aliphatic carbocycles. The largest absolute Gasteiger partial charge is 0.510 e. The molecule has 5 nitrogen and oxygen atoms in total. The van der Waals surface area contributed by atoms with E-state index in [4.69, 9.17) is 41.2 Å². The number of aryl methyl sites for hydroxylation is 3. The number of hydrogen-bond acceptors (Lipinski definition) is 2. The molecule has 3 heterocycles. The van der Waals surface area contributed by atoms with E-state index in [-0.39, 0.29) is 122 Å². The number of fused-ring (bicyclic) bond motifs is 4. The first-order valence-corrected chi connectivity index (χ1v) is 28.2. The summed E-state index contributed by atoms with van der Waals surface area (Å²) in [4.78, 5) is 4.69. The minimum absolute atomic E-state index is 0. The summed E-state index contributed by atoms with van der Waals surface area (Å²) in [6.45, 7) is -3.12. The Morgan fingerprint density at radius 3 is 1.75 bits per heavy atom. The molecular weight excluding hydrogens is 1290 g/mol. The summed E-state index contributed by atoms with van der Waals surface area (Å²) in [5.74, 6) is -0.00598. The molecule has 0 spiro atoms. The van der Waals surface area contributed by atoms with E-state index < -0.39 is 204 Å². The maximum atomic E-state index is 10.7. The second-order valence-corrected chi connectivity index (χ2v) is 22.0. The van der Waals surface area contributed by atoms with Crippen molar-refractivity contribution >= 4 is 32.8 Å². The van der Waals surface area contributed by atoms with Crippen molar-refractivity contribution in [2.45, 2.75) is 46.7 Å². The average Bonchev–Trinajstić information content (AvgIpc) is 1.55. The number of aromatic nitrogens is 4. The van der Waals surface area contributed by atoms with Crippen LogP contribution in [0.25, 0.3) is 128 Å². The zero-order valence-corrected chi connectivity index (χ0v) is 50.6. The second-order valence-electron chi connectivity index (χ2n) is 22.0. The van der Waals surface area contributed by atoms with Gasteiger partial charge in [0, 0.05) is 62.2 Å². The monoisotopic (exact) mass is 1380 g/mol. The van der Waals surface area contributed by atoms with E-state index in [9.17, 15) is 12.3 Å². The summed E-state index contributed by atoms with van der Waals surface area (Å²) in [5, 5.41) is 1.22. The summed E-state index contributed by atoms with van der Waals surface area (Å²) < 4.78 is 301. The number of ether oxygens (including phenoxy) is 1. The van der Waals surface area contributed by atoms with Gasteiger partial charge in [0.05, 0.1) is 48.2 Å². The molecule has 0 unspecified atom stereocenters. The number of imidazole rings is 1. The molecule has 12 aromatic carbocycles. The van der Waals surface area contributed by atoms with Gasteiger partial charge in [-0.15, -0.1) is 29.7 Å². The van der Waals surface area contributed by atoms with Crippen LogP contribution in [0.2, 0.25) is 0 Å².